The van der Waals surface area contributed by atoms with Crippen LogP contribution in [0.4, 0.5) is 0 Å². The van der Waals surface area contributed by atoms with Gasteiger partial charge in [0.05, 0.1) is 0 Å². The Labute approximate surface area is 165 Å². The highest BCUT2D eigenvalue weighted by atomic mass is 15.1. The third kappa shape index (κ3) is 10.9. The van der Waals surface area contributed by atoms with Crippen molar-refractivity contribution < 1.29 is 0 Å². The van der Waals surface area contributed by atoms with Crippen LogP contribution in [0.5, 0.6) is 0 Å². The summed E-state index contributed by atoms with van der Waals surface area (Å²) in [6.07, 6.45) is 18.5. The van der Waals surface area contributed by atoms with Gasteiger partial charge in [-0.3, -0.25) is 0 Å². The minimum absolute atomic E-state index is 0.457. The molecule has 2 heteroatoms. The molecule has 1 N–H and O–H groups in total. The molecule has 0 unspecified atom stereocenters. The van der Waals surface area contributed by atoms with Crippen LogP contribution < -0.4 is 5.32 Å². The van der Waals surface area contributed by atoms with E-state index in [4.69, 9.17) is 0 Å². The third-order valence-electron chi connectivity index (χ3n) is 6.53. The molecule has 0 aromatic heterocycles. The SMILES string of the molecule is CCCCCCCCCCCCN1CCC(C(C)(C)CNCCC)CC1. The summed E-state index contributed by atoms with van der Waals surface area (Å²) in [5.41, 5.74) is 0.457. The smallest absolute Gasteiger partial charge is 0.000518 e. The summed E-state index contributed by atoms with van der Waals surface area (Å²) in [6, 6.07) is 0. The van der Waals surface area contributed by atoms with Crippen molar-refractivity contribution in [2.24, 2.45) is 11.3 Å². The molecule has 0 aliphatic carbocycles. The lowest BCUT2D eigenvalue weighted by molar-refractivity contribution is 0.0983. The van der Waals surface area contributed by atoms with Crippen LogP contribution >= 0.6 is 0 Å². The van der Waals surface area contributed by atoms with Crippen LogP contribution in [-0.4, -0.2) is 37.6 Å². The van der Waals surface area contributed by atoms with Gasteiger partial charge in [0.1, 0.15) is 0 Å². The second-order valence-electron chi connectivity index (χ2n) is 9.46. The molecule has 26 heavy (non-hydrogen) atoms. The summed E-state index contributed by atoms with van der Waals surface area (Å²) in [4.78, 5) is 2.73. The number of rotatable bonds is 16. The van der Waals surface area contributed by atoms with Gasteiger partial charge >= 0.3 is 0 Å². The first-order chi connectivity index (χ1) is 12.6. The van der Waals surface area contributed by atoms with Crippen LogP contribution in [0.1, 0.15) is 111 Å². The molecule has 1 rings (SSSR count). The highest BCUT2D eigenvalue weighted by Crippen LogP contribution is 2.34. The van der Waals surface area contributed by atoms with E-state index in [-0.39, 0.29) is 0 Å². The number of hydrogen-bond acceptors (Lipinski definition) is 2. The second kappa shape index (κ2) is 14.9. The topological polar surface area (TPSA) is 15.3 Å². The van der Waals surface area contributed by atoms with Crippen LogP contribution in [0.3, 0.4) is 0 Å². The first-order valence-corrected chi connectivity index (χ1v) is 12.0. The van der Waals surface area contributed by atoms with Gasteiger partial charge in [0.25, 0.3) is 0 Å². The van der Waals surface area contributed by atoms with Gasteiger partial charge in [-0.15, -0.1) is 0 Å². The minimum Gasteiger partial charge on any atom is -0.316 e. The largest absolute Gasteiger partial charge is 0.316 e. The molecule has 0 aromatic carbocycles. The van der Waals surface area contributed by atoms with Gasteiger partial charge in [-0.05, 0) is 63.2 Å². The van der Waals surface area contributed by atoms with Crippen LogP contribution in [0.15, 0.2) is 0 Å². The van der Waals surface area contributed by atoms with Crippen molar-refractivity contribution in [3.8, 4) is 0 Å². The maximum absolute atomic E-state index is 3.64. The predicted octanol–water partition coefficient (Wildman–Crippen LogP) is 6.65. The highest BCUT2D eigenvalue weighted by molar-refractivity contribution is 4.85. The quantitative estimate of drug-likeness (QED) is 0.308. The van der Waals surface area contributed by atoms with E-state index >= 15 is 0 Å². The molecule has 1 heterocycles. The molecule has 0 saturated carbocycles. The molecule has 1 aliphatic rings. The molecule has 156 valence electrons. The van der Waals surface area contributed by atoms with Gasteiger partial charge in [-0.25, -0.2) is 0 Å². The zero-order valence-corrected chi connectivity index (χ0v) is 18.8. The number of piperidine rings is 1. The molecule has 1 fully saturated rings. The van der Waals surface area contributed by atoms with Gasteiger partial charge in [0, 0.05) is 6.54 Å². The molecule has 1 saturated heterocycles. The van der Waals surface area contributed by atoms with Crippen molar-refractivity contribution in [1.82, 2.24) is 10.2 Å². The molecule has 0 aromatic rings. The van der Waals surface area contributed by atoms with Crippen molar-refractivity contribution in [1.29, 1.82) is 0 Å². The van der Waals surface area contributed by atoms with Crippen LogP contribution in [0, 0.1) is 11.3 Å². The van der Waals surface area contributed by atoms with Crippen LogP contribution in [-0.2, 0) is 0 Å². The molecular formula is C24H50N2. The average molecular weight is 367 g/mol. The predicted molar refractivity (Wildman–Crippen MR) is 118 cm³/mol. The number of unbranched alkanes of at least 4 members (excludes halogenated alkanes) is 9. The Morgan fingerprint density at radius 3 is 1.85 bits per heavy atom. The Kier molecular flexibility index (Phi) is 13.7. The Bertz CT molecular complexity index is 305. The summed E-state index contributed by atoms with van der Waals surface area (Å²) in [5, 5.41) is 3.64. The highest BCUT2D eigenvalue weighted by Gasteiger charge is 2.31. The molecule has 0 atom stereocenters. The van der Waals surface area contributed by atoms with E-state index in [1.54, 1.807) is 0 Å². The van der Waals surface area contributed by atoms with Gasteiger partial charge in [0.15, 0.2) is 0 Å². The van der Waals surface area contributed by atoms with E-state index in [9.17, 15) is 0 Å². The molecule has 0 spiro atoms. The van der Waals surface area contributed by atoms with Crippen LogP contribution in [0.2, 0.25) is 0 Å². The molecule has 0 bridgehead atoms. The van der Waals surface area contributed by atoms with Gasteiger partial charge in [0.2, 0.25) is 0 Å². The number of likely N-dealkylation sites (tertiary alicyclic amines) is 1. The fourth-order valence-electron chi connectivity index (χ4n) is 4.49. The van der Waals surface area contributed by atoms with Gasteiger partial charge in [-0.1, -0.05) is 85.5 Å². The number of nitrogens with zero attached hydrogens (tertiary/aromatic N) is 1. The lowest BCUT2D eigenvalue weighted by Crippen LogP contribution is -2.43. The van der Waals surface area contributed by atoms with E-state index in [0.717, 1.165) is 5.92 Å². The van der Waals surface area contributed by atoms with Crippen molar-refractivity contribution >= 4 is 0 Å². The number of hydrogen-bond donors (Lipinski definition) is 1. The molecule has 1 aliphatic heterocycles. The Morgan fingerprint density at radius 1 is 0.769 bits per heavy atom. The maximum Gasteiger partial charge on any atom is 0.000518 e. The third-order valence-corrected chi connectivity index (χ3v) is 6.53. The first-order valence-electron chi connectivity index (χ1n) is 12.0. The zero-order valence-electron chi connectivity index (χ0n) is 18.8. The fraction of sp³-hybridized carbons (Fsp3) is 1.00. The maximum atomic E-state index is 3.64. The summed E-state index contributed by atoms with van der Waals surface area (Å²) in [5.74, 6) is 0.899. The Hall–Kier alpha value is -0.0800. The van der Waals surface area contributed by atoms with E-state index in [1.165, 1.54) is 116 Å². The van der Waals surface area contributed by atoms with Crippen molar-refractivity contribution in [2.45, 2.75) is 111 Å². The van der Waals surface area contributed by atoms with Gasteiger partial charge in [-0.2, -0.15) is 0 Å². The van der Waals surface area contributed by atoms with E-state index in [1.807, 2.05) is 0 Å². The zero-order chi connectivity index (χ0) is 19.1. The summed E-state index contributed by atoms with van der Waals surface area (Å²) in [7, 11) is 0. The van der Waals surface area contributed by atoms with Crippen molar-refractivity contribution in [2.75, 3.05) is 32.7 Å². The lowest BCUT2D eigenvalue weighted by Gasteiger charge is -2.41. The molecule has 0 radical (unpaired) electrons. The lowest BCUT2D eigenvalue weighted by atomic mass is 9.73. The summed E-state index contributed by atoms with van der Waals surface area (Å²) < 4.78 is 0. The fourth-order valence-corrected chi connectivity index (χ4v) is 4.49. The average Bonchev–Trinajstić information content (AvgIpc) is 2.64. The van der Waals surface area contributed by atoms with Gasteiger partial charge < -0.3 is 10.2 Å². The Balaban J connectivity index is 1.98. The molecule has 0 amide bonds. The van der Waals surface area contributed by atoms with E-state index in [0.29, 0.717) is 5.41 Å². The van der Waals surface area contributed by atoms with Crippen LogP contribution in [0.25, 0.3) is 0 Å². The summed E-state index contributed by atoms with van der Waals surface area (Å²) >= 11 is 0. The van der Waals surface area contributed by atoms with Crippen molar-refractivity contribution in [3.63, 3.8) is 0 Å². The normalized spacial score (nSPS) is 17.1. The van der Waals surface area contributed by atoms with Crippen molar-refractivity contribution in [3.05, 3.63) is 0 Å². The molecular weight excluding hydrogens is 316 g/mol. The first kappa shape index (κ1) is 24.0. The second-order valence-corrected chi connectivity index (χ2v) is 9.46. The monoisotopic (exact) mass is 366 g/mol. The minimum atomic E-state index is 0.457. The standard InChI is InChI=1S/C24H50N2/c1-5-7-8-9-10-11-12-13-14-15-19-26-20-16-23(17-21-26)24(3,4)22-25-18-6-2/h23,25H,5-22H2,1-4H3. The Morgan fingerprint density at radius 2 is 1.31 bits per heavy atom. The molecule has 2 nitrogen and oxygen atoms in total. The number of nitrogens with one attached hydrogen (secondary N) is 1. The summed E-state index contributed by atoms with van der Waals surface area (Å²) in [6.45, 7) is 15.9. The van der Waals surface area contributed by atoms with E-state index < -0.39 is 0 Å². The van der Waals surface area contributed by atoms with E-state index in [2.05, 4.69) is 37.9 Å².